The molecule has 302 valence electrons. The Morgan fingerprint density at radius 3 is 1.49 bits per heavy atom. The fraction of sp³-hybridized carbons (Fsp3) is 0. The van der Waals surface area contributed by atoms with Gasteiger partial charge in [0.05, 0.1) is 27.8 Å². The van der Waals surface area contributed by atoms with Crippen LogP contribution in [0.1, 0.15) is 0 Å². The molecule has 65 heavy (non-hydrogen) atoms. The highest BCUT2D eigenvalue weighted by molar-refractivity contribution is 6.18. The minimum Gasteiger partial charge on any atom is -0.454 e. The van der Waals surface area contributed by atoms with Crippen LogP contribution >= 0.6 is 0 Å². The van der Waals surface area contributed by atoms with Crippen molar-refractivity contribution in [3.8, 4) is 45.5 Å². The van der Waals surface area contributed by atoms with Gasteiger partial charge in [-0.15, -0.1) is 0 Å². The number of rotatable bonds is 5. The lowest BCUT2D eigenvalue weighted by molar-refractivity contribution is 0.666. The fourth-order valence-electron chi connectivity index (χ4n) is 10.1. The van der Waals surface area contributed by atoms with E-state index in [4.69, 9.17) is 19.4 Å². The third-order valence-electron chi connectivity index (χ3n) is 13.1. The zero-order valence-corrected chi connectivity index (χ0v) is 34.9. The summed E-state index contributed by atoms with van der Waals surface area (Å²) in [4.78, 5) is 16.2. The van der Waals surface area contributed by atoms with Crippen molar-refractivity contribution in [2.75, 3.05) is 0 Å². The van der Waals surface area contributed by atoms with Crippen LogP contribution < -0.4 is 0 Å². The summed E-state index contributed by atoms with van der Waals surface area (Å²) in [5, 5.41) is 11.4. The number of hydrogen-bond acceptors (Lipinski definition) is 4. The number of nitrogens with zero attached hydrogens (tertiary/aromatic N) is 5. The Hall–Kier alpha value is -8.87. The van der Waals surface area contributed by atoms with Crippen molar-refractivity contribution in [2.24, 2.45) is 0 Å². The Morgan fingerprint density at radius 2 is 0.831 bits per heavy atom. The first-order chi connectivity index (χ1) is 32.2. The largest absolute Gasteiger partial charge is 0.454 e. The van der Waals surface area contributed by atoms with Crippen molar-refractivity contribution in [3.63, 3.8) is 0 Å². The second kappa shape index (κ2) is 13.8. The van der Waals surface area contributed by atoms with Gasteiger partial charge < -0.3 is 8.98 Å². The van der Waals surface area contributed by atoms with Gasteiger partial charge in [-0.3, -0.25) is 4.57 Å². The Labute approximate surface area is 371 Å². The van der Waals surface area contributed by atoms with Crippen LogP contribution in [-0.4, -0.2) is 24.1 Å². The van der Waals surface area contributed by atoms with Crippen LogP contribution in [0.3, 0.4) is 0 Å². The molecule has 0 amide bonds. The molecule has 0 N–H and O–H groups in total. The molecule has 14 aromatic rings. The van der Waals surface area contributed by atoms with Crippen LogP contribution in [0.25, 0.3) is 133 Å². The number of aromatic nitrogens is 5. The minimum atomic E-state index is 0.543. The minimum absolute atomic E-state index is 0.543. The van der Waals surface area contributed by atoms with E-state index in [2.05, 4.69) is 203 Å². The zero-order chi connectivity index (χ0) is 42.6. The van der Waals surface area contributed by atoms with E-state index in [1.54, 1.807) is 0 Å². The first-order valence-electron chi connectivity index (χ1n) is 21.9. The predicted octanol–water partition coefficient (Wildman–Crippen LogP) is 15.3. The lowest BCUT2D eigenvalue weighted by atomic mass is 10.0. The van der Waals surface area contributed by atoms with E-state index in [1.165, 1.54) is 32.3 Å². The summed E-state index contributed by atoms with van der Waals surface area (Å²) >= 11 is 0. The van der Waals surface area contributed by atoms with Gasteiger partial charge >= 0.3 is 0 Å². The van der Waals surface area contributed by atoms with Crippen LogP contribution in [0.2, 0.25) is 0 Å². The normalized spacial score (nSPS) is 12.0. The highest BCUT2D eigenvalue weighted by atomic mass is 16.3. The van der Waals surface area contributed by atoms with Gasteiger partial charge in [-0.1, -0.05) is 152 Å². The first-order valence-corrected chi connectivity index (χ1v) is 21.9. The molecule has 0 spiro atoms. The number of furan rings is 1. The predicted molar refractivity (Wildman–Crippen MR) is 267 cm³/mol. The van der Waals surface area contributed by atoms with Crippen molar-refractivity contribution in [3.05, 3.63) is 212 Å². The fourth-order valence-corrected chi connectivity index (χ4v) is 10.1. The number of fused-ring (bicyclic) bond motifs is 11. The molecule has 0 aliphatic heterocycles. The van der Waals surface area contributed by atoms with Crippen LogP contribution in [0, 0.1) is 0 Å². The highest BCUT2D eigenvalue weighted by Gasteiger charge is 2.23. The maximum absolute atomic E-state index is 6.92. The lowest BCUT2D eigenvalue weighted by Gasteiger charge is -2.14. The molecule has 0 fully saturated rings. The molecule has 0 radical (unpaired) electrons. The summed E-state index contributed by atoms with van der Waals surface area (Å²) in [5.41, 5.74) is 10.7. The standard InChI is InChI=1S/C59H35N5O/c1-2-15-36(16-3-1)37-21-14-22-42(29-37)57-60-58(62-59(61-57)64-50-26-11-8-23-44(50)45-24-9-12-27-51(45)64)43-32-49-46-25-10-13-28-55(46)65-56(49)54(35-43)63-52-33-40-19-6-4-17-38(40)30-47(52)48-31-39-18-5-7-20-41(39)34-53(48)63/h1-35H. The molecule has 4 aromatic heterocycles. The molecule has 10 aromatic carbocycles. The van der Waals surface area contributed by atoms with Crippen molar-refractivity contribution < 1.29 is 4.42 Å². The summed E-state index contributed by atoms with van der Waals surface area (Å²) in [5.74, 6) is 1.68. The average Bonchev–Trinajstić information content (AvgIpc) is 4.02. The number of benzene rings is 10. The van der Waals surface area contributed by atoms with Gasteiger partial charge in [-0.25, -0.2) is 4.98 Å². The molecule has 0 saturated carbocycles. The third-order valence-corrected chi connectivity index (χ3v) is 13.1. The maximum Gasteiger partial charge on any atom is 0.238 e. The molecular weight excluding hydrogens is 795 g/mol. The van der Waals surface area contributed by atoms with Gasteiger partial charge in [0.2, 0.25) is 5.95 Å². The zero-order valence-electron chi connectivity index (χ0n) is 34.9. The molecule has 0 atom stereocenters. The third kappa shape index (κ3) is 5.51. The molecule has 4 heterocycles. The first kappa shape index (κ1) is 35.7. The molecular formula is C59H35N5O. The second-order valence-electron chi connectivity index (χ2n) is 16.8. The van der Waals surface area contributed by atoms with Crippen molar-refractivity contribution in [1.29, 1.82) is 0 Å². The summed E-state index contributed by atoms with van der Waals surface area (Å²) in [6, 6.07) is 75.1. The monoisotopic (exact) mass is 829 g/mol. The van der Waals surface area contributed by atoms with Crippen LogP contribution in [0.5, 0.6) is 0 Å². The van der Waals surface area contributed by atoms with E-state index in [9.17, 15) is 0 Å². The molecule has 0 bridgehead atoms. The molecule has 0 aliphatic carbocycles. The Kier molecular flexibility index (Phi) is 7.59. The maximum atomic E-state index is 6.92. The van der Waals surface area contributed by atoms with Crippen LogP contribution in [0.4, 0.5) is 0 Å². The van der Waals surface area contributed by atoms with Gasteiger partial charge in [-0.2, -0.15) is 9.97 Å². The van der Waals surface area contributed by atoms with E-state index in [1.807, 2.05) is 18.2 Å². The molecule has 0 aliphatic rings. The average molecular weight is 830 g/mol. The molecule has 0 unspecified atom stereocenters. The van der Waals surface area contributed by atoms with Crippen molar-refractivity contribution in [2.45, 2.75) is 0 Å². The summed E-state index contributed by atoms with van der Waals surface area (Å²) < 4.78 is 11.5. The SMILES string of the molecule is c1ccc(-c2cccc(-c3nc(-c4cc(-n5c6cc7ccccc7cc6c6cc7ccccc7cc65)c5oc6ccccc6c5c4)nc(-n4c5ccccc5c5ccccc54)n3)c2)cc1. The summed E-state index contributed by atoms with van der Waals surface area (Å²) in [6.07, 6.45) is 0. The molecule has 0 saturated heterocycles. The van der Waals surface area contributed by atoms with Gasteiger partial charge in [0, 0.05) is 43.4 Å². The molecule has 6 heteroatoms. The Balaban J connectivity index is 1.10. The van der Waals surface area contributed by atoms with Gasteiger partial charge in [0.1, 0.15) is 5.58 Å². The molecule has 6 nitrogen and oxygen atoms in total. The number of para-hydroxylation sites is 3. The quantitative estimate of drug-likeness (QED) is 0.173. The van der Waals surface area contributed by atoms with Gasteiger partial charge in [0.15, 0.2) is 17.2 Å². The van der Waals surface area contributed by atoms with E-state index < -0.39 is 0 Å². The Morgan fingerprint density at radius 1 is 0.308 bits per heavy atom. The van der Waals surface area contributed by atoms with Crippen LogP contribution in [-0.2, 0) is 0 Å². The summed E-state index contributed by atoms with van der Waals surface area (Å²) in [6.45, 7) is 0. The Bertz CT molecular complexity index is 4110. The van der Waals surface area contributed by atoms with E-state index in [0.29, 0.717) is 17.6 Å². The van der Waals surface area contributed by atoms with E-state index in [-0.39, 0.29) is 0 Å². The smallest absolute Gasteiger partial charge is 0.238 e. The second-order valence-corrected chi connectivity index (χ2v) is 16.8. The molecule has 14 rings (SSSR count). The number of hydrogen-bond donors (Lipinski definition) is 0. The summed E-state index contributed by atoms with van der Waals surface area (Å²) in [7, 11) is 0. The van der Waals surface area contributed by atoms with Crippen LogP contribution in [0.15, 0.2) is 217 Å². The topological polar surface area (TPSA) is 61.7 Å². The van der Waals surface area contributed by atoms with Gasteiger partial charge in [0.25, 0.3) is 0 Å². The van der Waals surface area contributed by atoms with Crippen molar-refractivity contribution >= 4 is 87.1 Å². The highest BCUT2D eigenvalue weighted by Crippen LogP contribution is 2.43. The van der Waals surface area contributed by atoms with E-state index in [0.717, 1.165) is 82.7 Å². The lowest BCUT2D eigenvalue weighted by Crippen LogP contribution is -2.07. The van der Waals surface area contributed by atoms with E-state index >= 15 is 0 Å². The van der Waals surface area contributed by atoms with Crippen molar-refractivity contribution in [1.82, 2.24) is 24.1 Å². The van der Waals surface area contributed by atoms with Gasteiger partial charge in [-0.05, 0) is 93.3 Å².